The number of aryl methyl sites for hydroxylation is 1. The molecular weight excluding hydrogens is 246 g/mol. The predicted octanol–water partition coefficient (Wildman–Crippen LogP) is 3.59. The molecule has 1 aliphatic rings. The fourth-order valence-electron chi connectivity index (χ4n) is 3.82. The Morgan fingerprint density at radius 1 is 1.35 bits per heavy atom. The van der Waals surface area contributed by atoms with E-state index in [1.54, 1.807) is 0 Å². The van der Waals surface area contributed by atoms with Gasteiger partial charge >= 0.3 is 0 Å². The van der Waals surface area contributed by atoms with Crippen LogP contribution in [0.2, 0.25) is 0 Å². The van der Waals surface area contributed by atoms with Crippen molar-refractivity contribution in [2.24, 2.45) is 11.8 Å². The Balaban J connectivity index is 2.21. The average Bonchev–Trinajstić information content (AvgIpc) is 2.88. The highest BCUT2D eigenvalue weighted by atomic mass is 15.3. The Hall–Kier alpha value is -0.830. The Labute approximate surface area is 124 Å². The van der Waals surface area contributed by atoms with E-state index < -0.39 is 0 Å². The fraction of sp³-hybridized carbons (Fsp3) is 0.824. The van der Waals surface area contributed by atoms with Gasteiger partial charge in [0.1, 0.15) is 0 Å². The lowest BCUT2D eigenvalue weighted by Gasteiger charge is -2.44. The van der Waals surface area contributed by atoms with Crippen molar-refractivity contribution in [3.05, 3.63) is 18.0 Å². The van der Waals surface area contributed by atoms with Crippen LogP contribution >= 0.6 is 0 Å². The molecule has 0 radical (unpaired) electrons. The molecule has 0 spiro atoms. The monoisotopic (exact) mass is 277 g/mol. The Kier molecular flexibility index (Phi) is 4.90. The number of hydrogen-bond acceptors (Lipinski definition) is 2. The van der Waals surface area contributed by atoms with E-state index in [1.165, 1.54) is 24.8 Å². The van der Waals surface area contributed by atoms with Crippen LogP contribution in [-0.4, -0.2) is 22.4 Å². The van der Waals surface area contributed by atoms with Crippen molar-refractivity contribution in [1.29, 1.82) is 0 Å². The van der Waals surface area contributed by atoms with Gasteiger partial charge in [0.2, 0.25) is 0 Å². The Morgan fingerprint density at radius 2 is 2.10 bits per heavy atom. The molecule has 0 amide bonds. The van der Waals surface area contributed by atoms with Crippen LogP contribution < -0.4 is 5.32 Å². The molecule has 0 saturated heterocycles. The molecular formula is C17H31N3. The van der Waals surface area contributed by atoms with E-state index in [0.29, 0.717) is 12.0 Å². The van der Waals surface area contributed by atoms with Crippen LogP contribution in [0.4, 0.5) is 0 Å². The van der Waals surface area contributed by atoms with Crippen molar-refractivity contribution in [3.8, 4) is 0 Å². The van der Waals surface area contributed by atoms with Gasteiger partial charge in [0.15, 0.2) is 0 Å². The molecule has 20 heavy (non-hydrogen) atoms. The normalized spacial score (nSPS) is 27.8. The van der Waals surface area contributed by atoms with Crippen LogP contribution in [-0.2, 0) is 12.0 Å². The van der Waals surface area contributed by atoms with Gasteiger partial charge in [-0.05, 0) is 49.1 Å². The second-order valence-corrected chi connectivity index (χ2v) is 7.00. The van der Waals surface area contributed by atoms with Gasteiger partial charge in [-0.1, -0.05) is 34.1 Å². The summed E-state index contributed by atoms with van der Waals surface area (Å²) in [5.41, 5.74) is 1.59. The first-order valence-electron chi connectivity index (χ1n) is 8.25. The van der Waals surface area contributed by atoms with E-state index >= 15 is 0 Å². The van der Waals surface area contributed by atoms with Crippen LogP contribution in [0.3, 0.4) is 0 Å². The number of nitrogens with zero attached hydrogens (tertiary/aromatic N) is 2. The summed E-state index contributed by atoms with van der Waals surface area (Å²) in [5, 5.41) is 8.21. The second-order valence-electron chi connectivity index (χ2n) is 7.00. The molecule has 1 aliphatic carbocycles. The fourth-order valence-corrected chi connectivity index (χ4v) is 3.82. The summed E-state index contributed by atoms with van der Waals surface area (Å²) >= 11 is 0. The minimum absolute atomic E-state index is 0.195. The van der Waals surface area contributed by atoms with Crippen LogP contribution in [0.1, 0.15) is 59.4 Å². The van der Waals surface area contributed by atoms with Gasteiger partial charge in [0.25, 0.3) is 0 Å². The SMILES string of the molecule is CCNC1CC(C)CCC1C(C)(C)c1cnn(CC)c1. The first kappa shape index (κ1) is 15.6. The molecule has 1 aromatic rings. The molecule has 1 fully saturated rings. The third kappa shape index (κ3) is 3.08. The van der Waals surface area contributed by atoms with E-state index in [4.69, 9.17) is 0 Å². The molecule has 1 saturated carbocycles. The molecule has 3 heteroatoms. The second kappa shape index (κ2) is 6.30. The molecule has 3 atom stereocenters. The van der Waals surface area contributed by atoms with Gasteiger partial charge in [-0.3, -0.25) is 4.68 Å². The molecule has 1 heterocycles. The topological polar surface area (TPSA) is 29.9 Å². The van der Waals surface area contributed by atoms with Crippen LogP contribution in [0.15, 0.2) is 12.4 Å². The van der Waals surface area contributed by atoms with Crippen LogP contribution in [0, 0.1) is 11.8 Å². The third-order valence-corrected chi connectivity index (χ3v) is 5.21. The van der Waals surface area contributed by atoms with Crippen LogP contribution in [0.25, 0.3) is 0 Å². The van der Waals surface area contributed by atoms with Gasteiger partial charge in [-0.25, -0.2) is 0 Å². The molecule has 0 aromatic carbocycles. The molecule has 1 aromatic heterocycles. The summed E-state index contributed by atoms with van der Waals surface area (Å²) in [6, 6.07) is 0.642. The lowest BCUT2D eigenvalue weighted by atomic mass is 9.64. The van der Waals surface area contributed by atoms with E-state index in [9.17, 15) is 0 Å². The summed E-state index contributed by atoms with van der Waals surface area (Å²) in [6.07, 6.45) is 8.30. The van der Waals surface area contributed by atoms with Crippen molar-refractivity contribution in [2.75, 3.05) is 6.54 Å². The van der Waals surface area contributed by atoms with Crippen molar-refractivity contribution >= 4 is 0 Å². The van der Waals surface area contributed by atoms with E-state index in [0.717, 1.165) is 19.0 Å². The smallest absolute Gasteiger partial charge is 0.0527 e. The quantitative estimate of drug-likeness (QED) is 0.891. The first-order chi connectivity index (χ1) is 9.48. The van der Waals surface area contributed by atoms with Crippen molar-refractivity contribution < 1.29 is 0 Å². The average molecular weight is 277 g/mol. The predicted molar refractivity (Wildman–Crippen MR) is 84.9 cm³/mol. The number of rotatable bonds is 5. The number of hydrogen-bond donors (Lipinski definition) is 1. The molecule has 2 rings (SSSR count). The van der Waals surface area contributed by atoms with Crippen LogP contribution in [0.5, 0.6) is 0 Å². The molecule has 3 nitrogen and oxygen atoms in total. The zero-order chi connectivity index (χ0) is 14.8. The minimum Gasteiger partial charge on any atom is -0.314 e. The largest absolute Gasteiger partial charge is 0.314 e. The summed E-state index contributed by atoms with van der Waals surface area (Å²) in [6.45, 7) is 13.6. The van der Waals surface area contributed by atoms with Crippen molar-refractivity contribution in [2.45, 2.75) is 71.9 Å². The summed E-state index contributed by atoms with van der Waals surface area (Å²) in [4.78, 5) is 0. The maximum atomic E-state index is 4.48. The molecule has 0 aliphatic heterocycles. The summed E-state index contributed by atoms with van der Waals surface area (Å²) in [5.74, 6) is 1.55. The van der Waals surface area contributed by atoms with E-state index in [2.05, 4.69) is 57.4 Å². The maximum absolute atomic E-state index is 4.48. The molecule has 1 N–H and O–H groups in total. The maximum Gasteiger partial charge on any atom is 0.0527 e. The highest BCUT2D eigenvalue weighted by molar-refractivity contribution is 5.20. The van der Waals surface area contributed by atoms with Gasteiger partial charge in [0.05, 0.1) is 6.20 Å². The zero-order valence-electron chi connectivity index (χ0n) is 13.8. The molecule has 0 bridgehead atoms. The van der Waals surface area contributed by atoms with Gasteiger partial charge in [0, 0.05) is 18.8 Å². The molecule has 114 valence electrons. The standard InChI is InChI=1S/C17H31N3/c1-6-18-16-10-13(3)8-9-15(16)17(4,5)14-11-19-20(7-2)12-14/h11-13,15-16,18H,6-10H2,1-5H3. The first-order valence-corrected chi connectivity index (χ1v) is 8.25. The highest BCUT2D eigenvalue weighted by Crippen LogP contribution is 2.42. The number of nitrogens with one attached hydrogen (secondary N) is 1. The lowest BCUT2D eigenvalue weighted by molar-refractivity contribution is 0.147. The zero-order valence-corrected chi connectivity index (χ0v) is 13.8. The minimum atomic E-state index is 0.195. The van der Waals surface area contributed by atoms with Crippen molar-refractivity contribution in [3.63, 3.8) is 0 Å². The van der Waals surface area contributed by atoms with Crippen molar-refractivity contribution in [1.82, 2.24) is 15.1 Å². The third-order valence-electron chi connectivity index (χ3n) is 5.21. The van der Waals surface area contributed by atoms with E-state index in [1.807, 2.05) is 4.68 Å². The van der Waals surface area contributed by atoms with Gasteiger partial charge in [-0.15, -0.1) is 0 Å². The Morgan fingerprint density at radius 3 is 2.70 bits per heavy atom. The Bertz CT molecular complexity index is 422. The highest BCUT2D eigenvalue weighted by Gasteiger charge is 2.40. The summed E-state index contributed by atoms with van der Waals surface area (Å²) in [7, 11) is 0. The van der Waals surface area contributed by atoms with E-state index in [-0.39, 0.29) is 5.41 Å². The lowest BCUT2D eigenvalue weighted by Crippen LogP contribution is -2.48. The van der Waals surface area contributed by atoms with Gasteiger partial charge in [-0.2, -0.15) is 5.10 Å². The number of aromatic nitrogens is 2. The summed E-state index contributed by atoms with van der Waals surface area (Å²) < 4.78 is 2.05. The molecule has 3 unspecified atom stereocenters. The van der Waals surface area contributed by atoms with Gasteiger partial charge < -0.3 is 5.32 Å².